The maximum Gasteiger partial charge on any atom is 0.261 e. The van der Waals surface area contributed by atoms with Crippen molar-refractivity contribution in [1.29, 1.82) is 0 Å². The summed E-state index contributed by atoms with van der Waals surface area (Å²) in [5, 5.41) is 5.70. The topological polar surface area (TPSA) is 70.7 Å². The van der Waals surface area contributed by atoms with E-state index in [1.807, 2.05) is 6.07 Å². The SMILES string of the molecule is CCCCCOc1ccccc1C(=O)NC(=S)Nc1ccccc1C(=O)N(C)C. The number of ether oxygens (including phenoxy) is 1. The van der Waals surface area contributed by atoms with Crippen molar-refractivity contribution in [2.75, 3.05) is 26.0 Å². The average molecular weight is 414 g/mol. The summed E-state index contributed by atoms with van der Waals surface area (Å²) in [7, 11) is 3.35. The Balaban J connectivity index is 2.06. The molecule has 0 aliphatic rings. The van der Waals surface area contributed by atoms with Crippen LogP contribution in [0.1, 0.15) is 46.9 Å². The Labute approximate surface area is 177 Å². The molecular weight excluding hydrogens is 386 g/mol. The maximum atomic E-state index is 12.7. The first-order valence-corrected chi connectivity index (χ1v) is 9.99. The highest BCUT2D eigenvalue weighted by Crippen LogP contribution is 2.19. The van der Waals surface area contributed by atoms with Gasteiger partial charge in [0.15, 0.2) is 5.11 Å². The van der Waals surface area contributed by atoms with Crippen LogP contribution < -0.4 is 15.4 Å². The minimum Gasteiger partial charge on any atom is -0.493 e. The lowest BCUT2D eigenvalue weighted by Gasteiger charge is -2.16. The second kappa shape index (κ2) is 11.2. The molecule has 0 atom stereocenters. The van der Waals surface area contributed by atoms with Crippen LogP contribution in [0.5, 0.6) is 5.75 Å². The number of hydrogen-bond donors (Lipinski definition) is 2. The monoisotopic (exact) mass is 413 g/mol. The summed E-state index contributed by atoms with van der Waals surface area (Å²) in [5.41, 5.74) is 1.40. The Kier molecular flexibility index (Phi) is 8.61. The number of carbonyl (C=O) groups excluding carboxylic acids is 2. The third kappa shape index (κ3) is 6.57. The van der Waals surface area contributed by atoms with Crippen molar-refractivity contribution in [1.82, 2.24) is 10.2 Å². The normalized spacial score (nSPS) is 10.2. The Morgan fingerprint density at radius 1 is 1.00 bits per heavy atom. The van der Waals surface area contributed by atoms with Gasteiger partial charge in [-0.2, -0.15) is 0 Å². The lowest BCUT2D eigenvalue weighted by atomic mass is 10.1. The van der Waals surface area contributed by atoms with E-state index in [4.69, 9.17) is 17.0 Å². The number of unbranched alkanes of at least 4 members (excludes halogenated alkanes) is 2. The van der Waals surface area contributed by atoms with E-state index in [-0.39, 0.29) is 16.9 Å². The second-order valence-corrected chi connectivity index (χ2v) is 7.11. The van der Waals surface area contributed by atoms with Crippen LogP contribution in [-0.4, -0.2) is 42.5 Å². The van der Waals surface area contributed by atoms with Gasteiger partial charge in [-0.05, 0) is 42.9 Å². The molecule has 0 aliphatic heterocycles. The number of para-hydroxylation sites is 2. The first kappa shape index (κ1) is 22.4. The van der Waals surface area contributed by atoms with Gasteiger partial charge in [0.25, 0.3) is 11.8 Å². The van der Waals surface area contributed by atoms with Crippen LogP contribution in [0.15, 0.2) is 48.5 Å². The first-order chi connectivity index (χ1) is 13.9. The molecule has 0 heterocycles. The fourth-order valence-corrected chi connectivity index (χ4v) is 2.86. The molecule has 7 heteroatoms. The fourth-order valence-electron chi connectivity index (χ4n) is 2.66. The van der Waals surface area contributed by atoms with E-state index in [0.717, 1.165) is 19.3 Å². The molecule has 2 aromatic carbocycles. The molecular formula is C22H27N3O3S. The molecule has 0 aromatic heterocycles. The predicted octanol–water partition coefficient (Wildman–Crippen LogP) is 4.08. The van der Waals surface area contributed by atoms with E-state index in [1.54, 1.807) is 56.6 Å². The number of amides is 2. The molecule has 0 bridgehead atoms. The number of rotatable bonds is 8. The summed E-state index contributed by atoms with van der Waals surface area (Å²) in [6.07, 6.45) is 3.11. The molecule has 2 amide bonds. The highest BCUT2D eigenvalue weighted by atomic mass is 32.1. The Bertz CT molecular complexity index is 868. The molecule has 154 valence electrons. The smallest absolute Gasteiger partial charge is 0.261 e. The minimum atomic E-state index is -0.370. The standard InChI is InChI=1S/C22H27N3O3S/c1-4-5-10-15-28-19-14-9-7-12-17(19)20(26)24-22(29)23-18-13-8-6-11-16(18)21(27)25(2)3/h6-9,11-14H,4-5,10,15H2,1-3H3,(H2,23,24,26,29). The zero-order chi connectivity index (χ0) is 21.2. The van der Waals surface area contributed by atoms with Gasteiger partial charge >= 0.3 is 0 Å². The number of anilines is 1. The van der Waals surface area contributed by atoms with Gasteiger partial charge in [0.1, 0.15) is 5.75 Å². The molecule has 0 saturated heterocycles. The van der Waals surface area contributed by atoms with Gasteiger partial charge in [-0.15, -0.1) is 0 Å². The number of nitrogens with one attached hydrogen (secondary N) is 2. The van der Waals surface area contributed by atoms with Crippen molar-refractivity contribution < 1.29 is 14.3 Å². The lowest BCUT2D eigenvalue weighted by molar-refractivity contribution is 0.0828. The van der Waals surface area contributed by atoms with Crippen LogP contribution in [0.3, 0.4) is 0 Å². The van der Waals surface area contributed by atoms with Gasteiger partial charge in [-0.1, -0.05) is 44.0 Å². The van der Waals surface area contributed by atoms with E-state index in [9.17, 15) is 9.59 Å². The van der Waals surface area contributed by atoms with Crippen molar-refractivity contribution in [2.24, 2.45) is 0 Å². The quantitative estimate of drug-likeness (QED) is 0.504. The summed E-state index contributed by atoms with van der Waals surface area (Å²) < 4.78 is 5.76. The van der Waals surface area contributed by atoms with Crippen molar-refractivity contribution >= 4 is 34.8 Å². The number of hydrogen-bond acceptors (Lipinski definition) is 4. The summed E-state index contributed by atoms with van der Waals surface area (Å²) in [6, 6.07) is 14.1. The van der Waals surface area contributed by atoms with Gasteiger partial charge in [0, 0.05) is 14.1 Å². The van der Waals surface area contributed by atoms with Gasteiger partial charge in [-0.3, -0.25) is 14.9 Å². The highest BCUT2D eigenvalue weighted by molar-refractivity contribution is 7.80. The summed E-state index contributed by atoms with van der Waals surface area (Å²) >= 11 is 5.28. The van der Waals surface area contributed by atoms with Crippen LogP contribution in [-0.2, 0) is 0 Å². The molecule has 2 rings (SSSR count). The Hall–Kier alpha value is -2.93. The molecule has 2 N–H and O–H groups in total. The number of benzene rings is 2. The van der Waals surface area contributed by atoms with Crippen LogP contribution in [0.4, 0.5) is 5.69 Å². The Morgan fingerprint density at radius 2 is 1.66 bits per heavy atom. The van der Waals surface area contributed by atoms with Crippen LogP contribution in [0.2, 0.25) is 0 Å². The Morgan fingerprint density at radius 3 is 2.34 bits per heavy atom. The van der Waals surface area contributed by atoms with Gasteiger partial charge in [-0.25, -0.2) is 0 Å². The number of thiocarbonyl (C=S) groups is 1. The van der Waals surface area contributed by atoms with Crippen molar-refractivity contribution in [3.8, 4) is 5.75 Å². The molecule has 0 spiro atoms. The largest absolute Gasteiger partial charge is 0.493 e. The molecule has 2 aromatic rings. The molecule has 0 unspecified atom stereocenters. The van der Waals surface area contributed by atoms with Gasteiger partial charge in [0.2, 0.25) is 0 Å². The summed E-state index contributed by atoms with van der Waals surface area (Å²) in [5.74, 6) is -0.00912. The van der Waals surface area contributed by atoms with E-state index in [0.29, 0.717) is 29.2 Å². The van der Waals surface area contributed by atoms with Crippen LogP contribution in [0, 0.1) is 0 Å². The average Bonchev–Trinajstić information content (AvgIpc) is 2.71. The van der Waals surface area contributed by atoms with Gasteiger partial charge < -0.3 is 15.0 Å². The predicted molar refractivity (Wildman–Crippen MR) is 120 cm³/mol. The zero-order valence-corrected chi connectivity index (χ0v) is 17.8. The first-order valence-electron chi connectivity index (χ1n) is 9.59. The van der Waals surface area contributed by atoms with E-state index in [1.165, 1.54) is 4.90 Å². The van der Waals surface area contributed by atoms with Crippen molar-refractivity contribution in [3.63, 3.8) is 0 Å². The third-order valence-corrected chi connectivity index (χ3v) is 4.38. The van der Waals surface area contributed by atoms with E-state index < -0.39 is 0 Å². The maximum absolute atomic E-state index is 12.7. The van der Waals surface area contributed by atoms with E-state index in [2.05, 4.69) is 17.6 Å². The lowest BCUT2D eigenvalue weighted by Crippen LogP contribution is -2.35. The highest BCUT2D eigenvalue weighted by Gasteiger charge is 2.16. The number of nitrogens with zero attached hydrogens (tertiary/aromatic N) is 1. The third-order valence-electron chi connectivity index (χ3n) is 4.18. The van der Waals surface area contributed by atoms with Crippen LogP contribution >= 0.6 is 12.2 Å². The summed E-state index contributed by atoms with van der Waals surface area (Å²) in [4.78, 5) is 26.5. The minimum absolute atomic E-state index is 0.106. The molecule has 0 aliphatic carbocycles. The molecule has 29 heavy (non-hydrogen) atoms. The molecule has 0 radical (unpaired) electrons. The molecule has 6 nitrogen and oxygen atoms in total. The van der Waals surface area contributed by atoms with Crippen LogP contribution in [0.25, 0.3) is 0 Å². The molecule has 0 saturated carbocycles. The summed E-state index contributed by atoms with van der Waals surface area (Å²) in [6.45, 7) is 2.68. The van der Waals surface area contributed by atoms with Gasteiger partial charge in [0.05, 0.1) is 23.4 Å². The van der Waals surface area contributed by atoms with E-state index >= 15 is 0 Å². The zero-order valence-electron chi connectivity index (χ0n) is 17.0. The second-order valence-electron chi connectivity index (χ2n) is 6.71. The fraction of sp³-hybridized carbons (Fsp3) is 0.318. The molecule has 0 fully saturated rings. The van der Waals surface area contributed by atoms with Crippen molar-refractivity contribution in [3.05, 3.63) is 59.7 Å². The van der Waals surface area contributed by atoms with Crippen molar-refractivity contribution in [2.45, 2.75) is 26.2 Å². The number of carbonyl (C=O) groups is 2.